The van der Waals surface area contributed by atoms with Gasteiger partial charge in [0.15, 0.2) is 5.82 Å². The second-order valence-electron chi connectivity index (χ2n) is 5.95. The number of aromatic nitrogens is 2. The quantitative estimate of drug-likeness (QED) is 0.872. The van der Waals surface area contributed by atoms with E-state index in [9.17, 15) is 5.11 Å². The third-order valence-electron chi connectivity index (χ3n) is 3.97. The molecule has 0 radical (unpaired) electrons. The molecular formula is C16H22N4O2. The molecule has 6 nitrogen and oxygen atoms in total. The Morgan fingerprint density at radius 1 is 1.18 bits per heavy atom. The summed E-state index contributed by atoms with van der Waals surface area (Å²) >= 11 is 0. The summed E-state index contributed by atoms with van der Waals surface area (Å²) < 4.78 is 5.76. The molecule has 22 heavy (non-hydrogen) atoms. The van der Waals surface area contributed by atoms with Crippen LogP contribution in [-0.2, 0) is 4.74 Å². The molecule has 1 fully saturated rings. The second-order valence-corrected chi connectivity index (χ2v) is 5.95. The monoisotopic (exact) mass is 302 g/mol. The highest BCUT2D eigenvalue weighted by Crippen LogP contribution is 2.30. The minimum absolute atomic E-state index is 0.141. The lowest BCUT2D eigenvalue weighted by atomic mass is 10.0. The summed E-state index contributed by atoms with van der Waals surface area (Å²) in [5.74, 6) is 0.671. The molecule has 0 bridgehead atoms. The van der Waals surface area contributed by atoms with Crippen LogP contribution >= 0.6 is 0 Å². The molecule has 0 unspecified atom stereocenters. The summed E-state index contributed by atoms with van der Waals surface area (Å²) in [6, 6.07) is 1.91. The Labute approximate surface area is 130 Å². The van der Waals surface area contributed by atoms with Crippen LogP contribution in [0.2, 0.25) is 0 Å². The van der Waals surface area contributed by atoms with Gasteiger partial charge in [-0.05, 0) is 38.8 Å². The number of nitrogen functional groups attached to an aromatic ring is 1. The maximum absolute atomic E-state index is 10.0. The van der Waals surface area contributed by atoms with E-state index in [0.717, 1.165) is 37.2 Å². The Morgan fingerprint density at radius 2 is 1.86 bits per heavy atom. The van der Waals surface area contributed by atoms with Gasteiger partial charge in [-0.2, -0.15) is 0 Å². The lowest BCUT2D eigenvalue weighted by Crippen LogP contribution is -2.45. The van der Waals surface area contributed by atoms with E-state index in [1.807, 2.05) is 32.1 Å². The van der Waals surface area contributed by atoms with Gasteiger partial charge in [-0.1, -0.05) is 6.08 Å². The minimum atomic E-state index is 0.141. The number of allylic oxidation sites excluding steroid dienone is 3. The van der Waals surface area contributed by atoms with E-state index in [2.05, 4.69) is 15.1 Å². The van der Waals surface area contributed by atoms with Gasteiger partial charge in [0.2, 0.25) is 0 Å². The molecule has 1 aromatic heterocycles. The molecule has 0 amide bonds. The van der Waals surface area contributed by atoms with E-state index in [1.165, 1.54) is 0 Å². The van der Waals surface area contributed by atoms with Crippen molar-refractivity contribution < 1.29 is 9.84 Å². The molecule has 1 aliphatic heterocycles. The molecule has 2 atom stereocenters. The summed E-state index contributed by atoms with van der Waals surface area (Å²) in [5.41, 5.74) is 8.26. The molecule has 0 spiro atoms. The predicted molar refractivity (Wildman–Crippen MR) is 86.6 cm³/mol. The van der Waals surface area contributed by atoms with E-state index < -0.39 is 0 Å². The molecule has 3 rings (SSSR count). The summed E-state index contributed by atoms with van der Waals surface area (Å²) in [5, 5.41) is 18.3. The first-order valence-corrected chi connectivity index (χ1v) is 7.68. The number of aliphatic hydroxyl groups is 1. The van der Waals surface area contributed by atoms with Crippen molar-refractivity contribution in [3.8, 4) is 0 Å². The van der Waals surface area contributed by atoms with Crippen molar-refractivity contribution in [1.82, 2.24) is 10.2 Å². The van der Waals surface area contributed by atoms with Gasteiger partial charge < -0.3 is 20.5 Å². The topological polar surface area (TPSA) is 84.5 Å². The fourth-order valence-corrected chi connectivity index (χ4v) is 3.05. The first-order valence-electron chi connectivity index (χ1n) is 7.68. The fourth-order valence-electron chi connectivity index (χ4n) is 3.05. The number of nitrogens with zero attached hydrogens (tertiary/aromatic N) is 3. The van der Waals surface area contributed by atoms with Crippen molar-refractivity contribution in [3.05, 3.63) is 29.7 Å². The van der Waals surface area contributed by atoms with E-state index in [-0.39, 0.29) is 18.0 Å². The summed E-state index contributed by atoms with van der Waals surface area (Å²) in [4.78, 5) is 2.18. The third kappa shape index (κ3) is 2.92. The molecule has 2 aliphatic rings. The van der Waals surface area contributed by atoms with Crippen molar-refractivity contribution in [2.75, 3.05) is 23.7 Å². The highest BCUT2D eigenvalue weighted by atomic mass is 16.5. The number of nitrogens with two attached hydrogens (primary N) is 1. The van der Waals surface area contributed by atoms with Crippen LogP contribution < -0.4 is 10.6 Å². The van der Waals surface area contributed by atoms with Gasteiger partial charge in [-0.25, -0.2) is 0 Å². The van der Waals surface area contributed by atoms with Crippen LogP contribution in [0.3, 0.4) is 0 Å². The molecule has 3 N–H and O–H groups in total. The third-order valence-corrected chi connectivity index (χ3v) is 3.97. The average molecular weight is 302 g/mol. The normalized spacial score (nSPS) is 25.6. The average Bonchev–Trinajstić information content (AvgIpc) is 2.47. The summed E-state index contributed by atoms with van der Waals surface area (Å²) in [6.07, 6.45) is 5.83. The first-order chi connectivity index (χ1) is 10.5. The van der Waals surface area contributed by atoms with Gasteiger partial charge in [0.25, 0.3) is 0 Å². The zero-order valence-electron chi connectivity index (χ0n) is 13.0. The van der Waals surface area contributed by atoms with Crippen LogP contribution in [0.25, 0.3) is 5.57 Å². The number of hydrogen-bond donors (Lipinski definition) is 2. The maximum Gasteiger partial charge on any atom is 0.169 e. The van der Waals surface area contributed by atoms with Gasteiger partial charge in [0, 0.05) is 18.7 Å². The molecule has 0 saturated carbocycles. The van der Waals surface area contributed by atoms with Crippen LogP contribution in [0.4, 0.5) is 11.5 Å². The van der Waals surface area contributed by atoms with Crippen molar-refractivity contribution in [3.63, 3.8) is 0 Å². The summed E-state index contributed by atoms with van der Waals surface area (Å²) in [7, 11) is 0. The number of rotatable bonds is 2. The molecular weight excluding hydrogens is 280 g/mol. The lowest BCUT2D eigenvalue weighted by Gasteiger charge is -2.37. The van der Waals surface area contributed by atoms with E-state index in [0.29, 0.717) is 11.5 Å². The highest BCUT2D eigenvalue weighted by molar-refractivity contribution is 5.78. The fraction of sp³-hybridized carbons (Fsp3) is 0.500. The molecule has 6 heteroatoms. The Morgan fingerprint density at radius 3 is 2.55 bits per heavy atom. The number of aliphatic hydroxyl groups excluding tert-OH is 1. The van der Waals surface area contributed by atoms with E-state index in [4.69, 9.17) is 10.5 Å². The van der Waals surface area contributed by atoms with Crippen LogP contribution in [-0.4, -0.2) is 40.6 Å². The van der Waals surface area contributed by atoms with Gasteiger partial charge in [0.1, 0.15) is 5.76 Å². The summed E-state index contributed by atoms with van der Waals surface area (Å²) in [6.45, 7) is 5.63. The van der Waals surface area contributed by atoms with Crippen LogP contribution in [0.1, 0.15) is 32.4 Å². The van der Waals surface area contributed by atoms with Crippen LogP contribution in [0, 0.1) is 0 Å². The molecule has 0 aromatic carbocycles. The SMILES string of the molecule is C[C@@H]1CN(c2cc(C3=CCCC=C3O)nnc2N)C[C@@H](C)O1. The molecule has 1 aromatic rings. The van der Waals surface area contributed by atoms with Crippen molar-refractivity contribution >= 4 is 17.1 Å². The predicted octanol–water partition coefficient (Wildman–Crippen LogP) is 2.29. The molecule has 2 heterocycles. The van der Waals surface area contributed by atoms with Crippen molar-refractivity contribution in [2.24, 2.45) is 0 Å². The van der Waals surface area contributed by atoms with Gasteiger partial charge in [-0.3, -0.25) is 0 Å². The lowest BCUT2D eigenvalue weighted by molar-refractivity contribution is -0.00519. The molecule has 118 valence electrons. The number of anilines is 2. The van der Waals surface area contributed by atoms with E-state index in [1.54, 1.807) is 0 Å². The first kappa shape index (κ1) is 14.8. The molecule has 1 saturated heterocycles. The van der Waals surface area contributed by atoms with Crippen LogP contribution in [0.15, 0.2) is 24.0 Å². The van der Waals surface area contributed by atoms with Crippen molar-refractivity contribution in [2.45, 2.75) is 38.9 Å². The van der Waals surface area contributed by atoms with Crippen LogP contribution in [0.5, 0.6) is 0 Å². The van der Waals surface area contributed by atoms with Gasteiger partial charge in [-0.15, -0.1) is 10.2 Å². The Balaban J connectivity index is 1.93. The Kier molecular flexibility index (Phi) is 4.02. The standard InChI is InChI=1S/C16H22N4O2/c1-10-8-20(9-11(2)22-10)14-7-13(18-19-16(14)17)12-5-3-4-6-15(12)21/h5-7,10-11,21H,3-4,8-9H2,1-2H3,(H2,17,19)/t10-,11-/m1/s1. The minimum Gasteiger partial charge on any atom is -0.508 e. The van der Waals surface area contributed by atoms with E-state index >= 15 is 0 Å². The van der Waals surface area contributed by atoms with Gasteiger partial charge >= 0.3 is 0 Å². The highest BCUT2D eigenvalue weighted by Gasteiger charge is 2.25. The van der Waals surface area contributed by atoms with Crippen molar-refractivity contribution in [1.29, 1.82) is 0 Å². The number of morpholine rings is 1. The zero-order chi connectivity index (χ0) is 15.7. The maximum atomic E-state index is 10.0. The molecule has 1 aliphatic carbocycles. The Bertz CT molecular complexity index is 617. The largest absolute Gasteiger partial charge is 0.508 e. The number of hydrogen-bond acceptors (Lipinski definition) is 6. The smallest absolute Gasteiger partial charge is 0.169 e. The zero-order valence-corrected chi connectivity index (χ0v) is 13.0. The number of ether oxygens (including phenoxy) is 1. The Hall–Kier alpha value is -2.08. The second kappa shape index (κ2) is 5.96. The van der Waals surface area contributed by atoms with Gasteiger partial charge in [0.05, 0.1) is 23.6 Å².